The van der Waals surface area contributed by atoms with Crippen LogP contribution in [0.15, 0.2) is 54.6 Å². The van der Waals surface area contributed by atoms with E-state index in [0.29, 0.717) is 23.7 Å². The van der Waals surface area contributed by atoms with Crippen molar-refractivity contribution in [3.05, 3.63) is 65.7 Å². The lowest BCUT2D eigenvalue weighted by Gasteiger charge is -2.09. The first kappa shape index (κ1) is 29.9. The number of halogens is 3. The van der Waals surface area contributed by atoms with Crippen molar-refractivity contribution in [1.82, 2.24) is 0 Å². The van der Waals surface area contributed by atoms with Gasteiger partial charge in [0, 0.05) is 12.5 Å². The number of carbonyl (C=O) groups excluding carboxylic acids is 2. The van der Waals surface area contributed by atoms with E-state index in [9.17, 15) is 22.8 Å². The maximum atomic E-state index is 12.4. The average Bonchev–Trinajstić information content (AvgIpc) is 2.87. The summed E-state index contributed by atoms with van der Waals surface area (Å²) < 4.78 is 52.4. The first-order valence-corrected chi connectivity index (χ1v) is 12.7. The van der Waals surface area contributed by atoms with E-state index in [0.717, 1.165) is 24.8 Å². The monoisotopic (exact) mass is 520 g/mol. The minimum absolute atomic E-state index is 0.00578. The van der Waals surface area contributed by atoms with Gasteiger partial charge in [-0.3, -0.25) is 0 Å². The molecule has 202 valence electrons. The van der Waals surface area contributed by atoms with E-state index in [1.54, 1.807) is 42.5 Å². The van der Waals surface area contributed by atoms with E-state index in [1.165, 1.54) is 37.5 Å². The van der Waals surface area contributed by atoms with Crippen molar-refractivity contribution < 1.29 is 37.0 Å². The van der Waals surface area contributed by atoms with E-state index in [2.05, 4.69) is 6.92 Å². The molecule has 0 saturated heterocycles. The van der Waals surface area contributed by atoms with E-state index in [-0.39, 0.29) is 19.4 Å². The lowest BCUT2D eigenvalue weighted by atomic mass is 10.1. The van der Waals surface area contributed by atoms with Gasteiger partial charge in [0.1, 0.15) is 11.5 Å². The Kier molecular flexibility index (Phi) is 13.3. The fraction of sp³-hybridized carbons (Fsp3) is 0.448. The number of hydrogen-bond donors (Lipinski definition) is 0. The van der Waals surface area contributed by atoms with Crippen LogP contribution in [0.25, 0.3) is 6.08 Å². The van der Waals surface area contributed by atoms with E-state index < -0.39 is 24.5 Å². The van der Waals surface area contributed by atoms with Gasteiger partial charge in [0.2, 0.25) is 0 Å². The van der Waals surface area contributed by atoms with Crippen LogP contribution in [0.2, 0.25) is 0 Å². The molecule has 0 N–H and O–H groups in total. The third-order valence-corrected chi connectivity index (χ3v) is 5.46. The molecule has 0 aliphatic rings. The zero-order chi connectivity index (χ0) is 26.9. The van der Waals surface area contributed by atoms with Crippen molar-refractivity contribution in [2.24, 2.45) is 0 Å². The van der Waals surface area contributed by atoms with Crippen molar-refractivity contribution in [3.63, 3.8) is 0 Å². The van der Waals surface area contributed by atoms with Gasteiger partial charge in [0.25, 0.3) is 0 Å². The second-order valence-corrected chi connectivity index (χ2v) is 8.67. The predicted octanol–water partition coefficient (Wildman–Crippen LogP) is 7.93. The first-order valence-electron chi connectivity index (χ1n) is 12.7. The van der Waals surface area contributed by atoms with Crippen LogP contribution in [-0.2, 0) is 9.53 Å². The summed E-state index contributed by atoms with van der Waals surface area (Å²) in [6.45, 7) is 2.75. The van der Waals surface area contributed by atoms with E-state index in [1.807, 2.05) is 0 Å². The average molecular weight is 521 g/mol. The second kappa shape index (κ2) is 16.5. The molecule has 0 amide bonds. The molecule has 8 heteroatoms. The zero-order valence-corrected chi connectivity index (χ0v) is 21.2. The summed E-state index contributed by atoms with van der Waals surface area (Å²) in [6, 6.07) is 12.9. The molecule has 5 nitrogen and oxygen atoms in total. The number of benzene rings is 2. The number of unbranched alkanes of at least 4 members (excludes halogenated alkanes) is 6. The van der Waals surface area contributed by atoms with Crippen LogP contribution in [0.3, 0.4) is 0 Å². The number of alkyl halides is 3. The minimum atomic E-state index is -4.15. The standard InChI is InChI=1S/C29H35F3O5/c1-2-3-4-5-6-8-22-36-27(33)19-12-23-10-15-26(16-11-23)37-28(34)24-13-17-25(18-14-24)35-21-9-7-20-29(30,31)32/h10-19H,2-9,20-22H2,1H3. The molecule has 0 spiro atoms. The molecule has 0 unspecified atom stereocenters. The van der Waals surface area contributed by atoms with E-state index >= 15 is 0 Å². The van der Waals surface area contributed by atoms with Crippen molar-refractivity contribution in [1.29, 1.82) is 0 Å². The summed E-state index contributed by atoms with van der Waals surface area (Å²) in [5, 5.41) is 0. The largest absolute Gasteiger partial charge is 0.494 e. The molecule has 0 bridgehead atoms. The molecule has 2 aromatic rings. The first-order chi connectivity index (χ1) is 17.8. The highest BCUT2D eigenvalue weighted by molar-refractivity contribution is 5.91. The lowest BCUT2D eigenvalue weighted by molar-refractivity contribution is -0.138. The molecule has 0 aliphatic heterocycles. The maximum Gasteiger partial charge on any atom is 0.389 e. The number of esters is 2. The Morgan fingerprint density at radius 1 is 0.784 bits per heavy atom. The molecular weight excluding hydrogens is 485 g/mol. The van der Waals surface area contributed by atoms with Crippen LogP contribution in [0.4, 0.5) is 13.2 Å². The third-order valence-electron chi connectivity index (χ3n) is 5.46. The molecule has 0 fully saturated rings. The Morgan fingerprint density at radius 2 is 1.41 bits per heavy atom. The van der Waals surface area contributed by atoms with Gasteiger partial charge in [0.15, 0.2) is 0 Å². The minimum Gasteiger partial charge on any atom is -0.494 e. The number of carbonyl (C=O) groups is 2. The number of rotatable bonds is 16. The Balaban J connectivity index is 1.70. The summed E-state index contributed by atoms with van der Waals surface area (Å²) in [4.78, 5) is 24.2. The molecule has 2 aromatic carbocycles. The van der Waals surface area contributed by atoms with Crippen LogP contribution >= 0.6 is 0 Å². The van der Waals surface area contributed by atoms with Crippen molar-refractivity contribution in [3.8, 4) is 11.5 Å². The van der Waals surface area contributed by atoms with Gasteiger partial charge in [0.05, 0.1) is 18.8 Å². The van der Waals surface area contributed by atoms with Gasteiger partial charge in [-0.1, -0.05) is 51.2 Å². The summed E-state index contributed by atoms with van der Waals surface area (Å²) in [5.74, 6) is -0.140. The molecule has 37 heavy (non-hydrogen) atoms. The van der Waals surface area contributed by atoms with Crippen LogP contribution in [0.1, 0.15) is 80.6 Å². The molecule has 2 rings (SSSR count). The normalized spacial score (nSPS) is 11.5. The highest BCUT2D eigenvalue weighted by Crippen LogP contribution is 2.22. The summed E-state index contributed by atoms with van der Waals surface area (Å²) in [5.41, 5.74) is 1.06. The van der Waals surface area contributed by atoms with Crippen LogP contribution in [0.5, 0.6) is 11.5 Å². The highest BCUT2D eigenvalue weighted by atomic mass is 19.4. The summed E-state index contributed by atoms with van der Waals surface area (Å²) in [6.07, 6.45) is 5.07. The molecule has 0 radical (unpaired) electrons. The fourth-order valence-electron chi connectivity index (χ4n) is 3.39. The Bertz CT molecular complexity index is 967. The number of hydrogen-bond acceptors (Lipinski definition) is 5. The molecule has 0 aromatic heterocycles. The third kappa shape index (κ3) is 13.6. The Labute approximate surface area is 216 Å². The van der Waals surface area contributed by atoms with E-state index in [4.69, 9.17) is 14.2 Å². The quantitative estimate of drug-likeness (QED) is 0.0973. The van der Waals surface area contributed by atoms with Crippen molar-refractivity contribution in [2.45, 2.75) is 70.9 Å². The SMILES string of the molecule is CCCCCCCCOC(=O)C=Cc1ccc(OC(=O)c2ccc(OCCCCC(F)(F)F)cc2)cc1. The molecule has 0 heterocycles. The summed E-state index contributed by atoms with van der Waals surface area (Å²) >= 11 is 0. The predicted molar refractivity (Wildman–Crippen MR) is 137 cm³/mol. The fourth-order valence-corrected chi connectivity index (χ4v) is 3.39. The lowest BCUT2D eigenvalue weighted by Crippen LogP contribution is -2.09. The van der Waals surface area contributed by atoms with Gasteiger partial charge in [-0.2, -0.15) is 13.2 Å². The van der Waals surface area contributed by atoms with Gasteiger partial charge in [-0.15, -0.1) is 0 Å². The number of ether oxygens (including phenoxy) is 3. The van der Waals surface area contributed by atoms with Crippen molar-refractivity contribution in [2.75, 3.05) is 13.2 Å². The van der Waals surface area contributed by atoms with Gasteiger partial charge in [-0.25, -0.2) is 9.59 Å². The van der Waals surface area contributed by atoms with Crippen LogP contribution < -0.4 is 9.47 Å². The van der Waals surface area contributed by atoms with Crippen LogP contribution in [-0.4, -0.2) is 31.3 Å². The molecule has 0 saturated carbocycles. The summed E-state index contributed by atoms with van der Waals surface area (Å²) in [7, 11) is 0. The smallest absolute Gasteiger partial charge is 0.389 e. The topological polar surface area (TPSA) is 61.8 Å². The maximum absolute atomic E-state index is 12.4. The van der Waals surface area contributed by atoms with Crippen LogP contribution in [0, 0.1) is 0 Å². The molecular formula is C29H35F3O5. The van der Waals surface area contributed by atoms with Crippen molar-refractivity contribution >= 4 is 18.0 Å². The highest BCUT2D eigenvalue weighted by Gasteiger charge is 2.25. The second-order valence-electron chi connectivity index (χ2n) is 8.67. The Hall–Kier alpha value is -3.29. The molecule has 0 aliphatic carbocycles. The Morgan fingerprint density at radius 3 is 2.08 bits per heavy atom. The molecule has 0 atom stereocenters. The van der Waals surface area contributed by atoms with Gasteiger partial charge >= 0.3 is 18.1 Å². The zero-order valence-electron chi connectivity index (χ0n) is 21.2. The van der Waals surface area contributed by atoms with Gasteiger partial charge in [-0.05, 0) is 67.3 Å². The van der Waals surface area contributed by atoms with Gasteiger partial charge < -0.3 is 14.2 Å².